The highest BCUT2D eigenvalue weighted by molar-refractivity contribution is 6.64. The van der Waals surface area contributed by atoms with Gasteiger partial charge in [0, 0.05) is 17.4 Å². The number of carbonyl (C=O) groups is 2. The molecule has 1 saturated heterocycles. The molecule has 0 N–H and O–H groups in total. The number of Topliss-reactive ketones (excluding diaryl/α,β-unsaturated/α-hetero) is 1. The van der Waals surface area contributed by atoms with Gasteiger partial charge < -0.3 is 18.8 Å². The van der Waals surface area contributed by atoms with Crippen LogP contribution >= 0.6 is 0 Å². The number of hydrogen-bond donors (Lipinski definition) is 0. The molecule has 0 spiro atoms. The number of aryl methyl sites for hydroxylation is 1. The number of ketones is 1. The third-order valence-electron chi connectivity index (χ3n) is 4.21. The molecule has 1 heterocycles. The molecular weight excluding hydrogens is 323 g/mol. The largest absolute Gasteiger partial charge is 0.564 e. The second kappa shape index (κ2) is 7.31. The molecule has 0 bridgehead atoms. The highest BCUT2D eigenvalue weighted by atomic mass is 16.7. The Kier molecular flexibility index (Phi) is 5.57. The van der Waals surface area contributed by atoms with Gasteiger partial charge in [0.1, 0.15) is 11.4 Å². The normalized spacial score (nSPS) is 15.7. The molecule has 0 amide bonds. The van der Waals surface area contributed by atoms with Crippen molar-refractivity contribution in [3.05, 3.63) is 35.6 Å². The average Bonchev–Trinajstić information content (AvgIpc) is 2.84. The van der Waals surface area contributed by atoms with E-state index < -0.39 is 18.7 Å². The van der Waals surface area contributed by atoms with Gasteiger partial charge in [-0.1, -0.05) is 6.58 Å². The fraction of sp³-hybridized carbons (Fsp3) is 0.444. The fourth-order valence-corrected chi connectivity index (χ4v) is 2.66. The molecule has 25 heavy (non-hydrogen) atoms. The zero-order valence-electron chi connectivity index (χ0n) is 15.3. The lowest BCUT2D eigenvalue weighted by molar-refractivity contribution is -0.140. The van der Waals surface area contributed by atoms with Crippen molar-refractivity contribution in [2.45, 2.75) is 39.2 Å². The van der Waals surface area contributed by atoms with Gasteiger partial charge in [-0.15, -0.1) is 0 Å². The van der Waals surface area contributed by atoms with Crippen molar-refractivity contribution >= 4 is 24.3 Å². The van der Waals surface area contributed by atoms with Gasteiger partial charge in [0.15, 0.2) is 5.78 Å². The van der Waals surface area contributed by atoms with Crippen LogP contribution in [0.25, 0.3) is 0 Å². The van der Waals surface area contributed by atoms with Gasteiger partial charge in [0.25, 0.3) is 0 Å². The number of benzene rings is 1. The van der Waals surface area contributed by atoms with Crippen LogP contribution in [-0.2, 0) is 18.8 Å². The number of methoxy groups -OCH3 is 2. The van der Waals surface area contributed by atoms with E-state index in [4.69, 9.17) is 14.0 Å². The van der Waals surface area contributed by atoms with Crippen LogP contribution in [0, 0.1) is 6.92 Å². The molecule has 6 nitrogen and oxygen atoms in total. The van der Waals surface area contributed by atoms with Crippen molar-refractivity contribution < 1.29 is 28.4 Å². The molecule has 1 aromatic rings. The first-order valence-electron chi connectivity index (χ1n) is 8.02. The van der Waals surface area contributed by atoms with Crippen molar-refractivity contribution in [3.8, 4) is 5.75 Å². The average molecular weight is 346 g/mol. The summed E-state index contributed by atoms with van der Waals surface area (Å²) in [6.07, 6.45) is 0.0642. The molecule has 0 unspecified atom stereocenters. The Morgan fingerprint density at radius 2 is 1.92 bits per heavy atom. The molecule has 1 aliphatic heterocycles. The summed E-state index contributed by atoms with van der Waals surface area (Å²) in [6, 6.07) is 3.49. The summed E-state index contributed by atoms with van der Waals surface area (Å²) >= 11 is 0. The second-order valence-electron chi connectivity index (χ2n) is 6.41. The highest BCUT2D eigenvalue weighted by Crippen LogP contribution is 2.31. The van der Waals surface area contributed by atoms with E-state index in [-0.39, 0.29) is 18.6 Å². The molecule has 7 heteroatoms. The first kappa shape index (κ1) is 19.1. The Balaban J connectivity index is 2.40. The van der Waals surface area contributed by atoms with Crippen molar-refractivity contribution in [2.75, 3.05) is 14.2 Å². The molecule has 0 aliphatic carbocycles. The predicted octanol–water partition coefficient (Wildman–Crippen LogP) is 2.17. The molecule has 0 radical (unpaired) electrons. The minimum absolute atomic E-state index is 0.0187. The molecule has 1 aliphatic rings. The van der Waals surface area contributed by atoms with Crippen LogP contribution < -0.4 is 10.2 Å². The van der Waals surface area contributed by atoms with E-state index in [2.05, 4.69) is 11.3 Å². The molecule has 2 rings (SSSR count). The Morgan fingerprint density at radius 3 is 2.44 bits per heavy atom. The minimum atomic E-state index is -0.756. The lowest BCUT2D eigenvalue weighted by atomic mass is 9.73. The molecule has 0 aromatic heterocycles. The van der Waals surface area contributed by atoms with Gasteiger partial charge in [0.05, 0.1) is 26.4 Å². The summed E-state index contributed by atoms with van der Waals surface area (Å²) in [7, 11) is 2.09. The summed E-state index contributed by atoms with van der Waals surface area (Å²) in [5.74, 6) is 0.484. The van der Waals surface area contributed by atoms with Gasteiger partial charge in [-0.05, 0) is 38.5 Å². The second-order valence-corrected chi connectivity index (χ2v) is 6.41. The Morgan fingerprint density at radius 1 is 1.24 bits per heavy atom. The molecule has 1 fully saturated rings. The summed E-state index contributed by atoms with van der Waals surface area (Å²) < 4.78 is 21.6. The van der Waals surface area contributed by atoms with E-state index in [1.165, 1.54) is 7.11 Å². The SMILES string of the molecule is C=C1OB(c2cc(OC)cc(C)c2C(=O)CCC(=O)OC)OC1(C)C. The van der Waals surface area contributed by atoms with Crippen LogP contribution in [0.3, 0.4) is 0 Å². The van der Waals surface area contributed by atoms with Crippen LogP contribution in [0.15, 0.2) is 24.5 Å². The molecular formula is C18H23BO6. The van der Waals surface area contributed by atoms with E-state index in [1.54, 1.807) is 19.2 Å². The Bertz CT molecular complexity index is 710. The Labute approximate surface area is 148 Å². The first-order chi connectivity index (χ1) is 11.7. The third-order valence-corrected chi connectivity index (χ3v) is 4.21. The van der Waals surface area contributed by atoms with Crippen LogP contribution in [0.2, 0.25) is 0 Å². The van der Waals surface area contributed by atoms with E-state index in [1.807, 2.05) is 20.8 Å². The summed E-state index contributed by atoms with van der Waals surface area (Å²) in [5.41, 5.74) is 1.11. The van der Waals surface area contributed by atoms with E-state index in [0.29, 0.717) is 22.5 Å². The van der Waals surface area contributed by atoms with Gasteiger partial charge in [-0.3, -0.25) is 9.59 Å². The summed E-state index contributed by atoms with van der Waals surface area (Å²) in [6.45, 7) is 9.38. The Hall–Kier alpha value is -2.28. The quantitative estimate of drug-likeness (QED) is 0.447. The monoisotopic (exact) mass is 346 g/mol. The van der Waals surface area contributed by atoms with Gasteiger partial charge >= 0.3 is 13.1 Å². The van der Waals surface area contributed by atoms with Crippen LogP contribution in [0.1, 0.15) is 42.6 Å². The van der Waals surface area contributed by atoms with Crippen LogP contribution in [0.4, 0.5) is 0 Å². The lowest BCUT2D eigenvalue weighted by Gasteiger charge is -2.17. The van der Waals surface area contributed by atoms with Gasteiger partial charge in [-0.25, -0.2) is 0 Å². The number of carbonyl (C=O) groups excluding carboxylic acids is 2. The topological polar surface area (TPSA) is 71.1 Å². The number of ether oxygens (including phenoxy) is 2. The number of hydrogen-bond acceptors (Lipinski definition) is 6. The van der Waals surface area contributed by atoms with Gasteiger partial charge in [-0.2, -0.15) is 0 Å². The van der Waals surface area contributed by atoms with E-state index in [9.17, 15) is 9.59 Å². The number of esters is 1. The smallest absolute Gasteiger partial charge is 0.534 e. The molecule has 0 atom stereocenters. The highest BCUT2D eigenvalue weighted by Gasteiger charge is 2.44. The summed E-state index contributed by atoms with van der Waals surface area (Å²) in [5, 5.41) is 0. The lowest BCUT2D eigenvalue weighted by Crippen LogP contribution is -2.38. The zero-order chi connectivity index (χ0) is 18.8. The zero-order valence-corrected chi connectivity index (χ0v) is 15.3. The molecule has 0 saturated carbocycles. The minimum Gasteiger partial charge on any atom is -0.534 e. The van der Waals surface area contributed by atoms with Gasteiger partial charge in [0.2, 0.25) is 0 Å². The maximum absolute atomic E-state index is 12.7. The maximum Gasteiger partial charge on any atom is 0.564 e. The third kappa shape index (κ3) is 4.04. The summed E-state index contributed by atoms with van der Waals surface area (Å²) in [4.78, 5) is 24.1. The fourth-order valence-electron chi connectivity index (χ4n) is 2.66. The predicted molar refractivity (Wildman–Crippen MR) is 94.1 cm³/mol. The van der Waals surface area contributed by atoms with E-state index >= 15 is 0 Å². The van der Waals surface area contributed by atoms with Crippen molar-refractivity contribution in [3.63, 3.8) is 0 Å². The van der Waals surface area contributed by atoms with Crippen molar-refractivity contribution in [1.82, 2.24) is 0 Å². The van der Waals surface area contributed by atoms with Crippen molar-refractivity contribution in [1.29, 1.82) is 0 Å². The maximum atomic E-state index is 12.7. The standard InChI is InChI=1S/C18H23BO6/c1-11-9-13(22-5)10-14(19-24-12(2)18(3,4)25-19)17(11)15(20)7-8-16(21)23-6/h9-10H,2,7-8H2,1,3-6H3. The van der Waals surface area contributed by atoms with Crippen molar-refractivity contribution in [2.24, 2.45) is 0 Å². The van der Waals surface area contributed by atoms with E-state index in [0.717, 1.165) is 5.56 Å². The van der Waals surface area contributed by atoms with Crippen LogP contribution in [0.5, 0.6) is 5.75 Å². The molecule has 1 aromatic carbocycles. The number of rotatable bonds is 6. The first-order valence-corrected chi connectivity index (χ1v) is 8.02. The molecule has 134 valence electrons. The van der Waals surface area contributed by atoms with Crippen LogP contribution in [-0.4, -0.2) is 38.7 Å².